The average molecular weight is 313 g/mol. The number of hydrogen-bond donors (Lipinski definition) is 2. The first-order chi connectivity index (χ1) is 8.67. The number of hydrogen-bond acceptors (Lipinski definition) is 4. The van der Waals surface area contributed by atoms with Gasteiger partial charge in [0.2, 0.25) is 5.91 Å². The monoisotopic (exact) mass is 312 g/mol. The zero-order chi connectivity index (χ0) is 13.0. The molecule has 5 nitrogen and oxygen atoms in total. The third-order valence-corrected chi connectivity index (χ3v) is 3.06. The number of aryl methyl sites for hydroxylation is 1. The lowest BCUT2D eigenvalue weighted by Crippen LogP contribution is -2.27. The molecule has 1 fully saturated rings. The Labute approximate surface area is 115 Å². The van der Waals surface area contributed by atoms with E-state index in [0.29, 0.717) is 19.0 Å². The Morgan fingerprint density at radius 2 is 2.28 bits per heavy atom. The van der Waals surface area contributed by atoms with Crippen molar-refractivity contribution in [2.75, 3.05) is 11.9 Å². The Morgan fingerprint density at radius 1 is 1.50 bits per heavy atom. The summed E-state index contributed by atoms with van der Waals surface area (Å²) in [5.74, 6) is 1.65. The Kier molecular flexibility index (Phi) is 4.52. The second-order valence-electron chi connectivity index (χ2n) is 4.36. The molecule has 2 rings (SSSR count). The van der Waals surface area contributed by atoms with Crippen LogP contribution in [0.5, 0.6) is 0 Å². The van der Waals surface area contributed by atoms with Gasteiger partial charge in [0.25, 0.3) is 0 Å². The molecular formula is C12H17BrN4O. The molecule has 1 heterocycles. The van der Waals surface area contributed by atoms with Gasteiger partial charge in [0.1, 0.15) is 16.2 Å². The van der Waals surface area contributed by atoms with Crippen molar-refractivity contribution < 1.29 is 4.79 Å². The summed E-state index contributed by atoms with van der Waals surface area (Å²) in [7, 11) is 0. The second-order valence-corrected chi connectivity index (χ2v) is 5.18. The van der Waals surface area contributed by atoms with Gasteiger partial charge in [0.05, 0.1) is 0 Å². The summed E-state index contributed by atoms with van der Waals surface area (Å²) < 4.78 is 0.763. The minimum absolute atomic E-state index is 0.105. The smallest absolute Gasteiger partial charge is 0.221 e. The summed E-state index contributed by atoms with van der Waals surface area (Å²) >= 11 is 3.35. The number of nitrogens with one attached hydrogen (secondary N) is 2. The van der Waals surface area contributed by atoms with Gasteiger partial charge in [-0.15, -0.1) is 0 Å². The molecule has 0 aromatic carbocycles. The highest BCUT2D eigenvalue weighted by molar-refractivity contribution is 9.10. The number of rotatable bonds is 6. The fourth-order valence-electron chi connectivity index (χ4n) is 1.54. The Hall–Kier alpha value is -1.17. The van der Waals surface area contributed by atoms with E-state index in [9.17, 15) is 4.79 Å². The maximum absolute atomic E-state index is 11.5. The minimum Gasteiger partial charge on any atom is -0.369 e. The predicted molar refractivity (Wildman–Crippen MR) is 73.4 cm³/mol. The van der Waals surface area contributed by atoms with Crippen molar-refractivity contribution in [3.8, 4) is 0 Å². The number of carbonyl (C=O) groups is 1. The van der Waals surface area contributed by atoms with Crippen molar-refractivity contribution >= 4 is 27.7 Å². The van der Waals surface area contributed by atoms with Crippen LogP contribution in [0.25, 0.3) is 0 Å². The first kappa shape index (κ1) is 13.3. The fraction of sp³-hybridized carbons (Fsp3) is 0.583. The van der Waals surface area contributed by atoms with Gasteiger partial charge in [-0.2, -0.15) is 0 Å². The zero-order valence-corrected chi connectivity index (χ0v) is 12.0. The molecule has 2 N–H and O–H groups in total. The van der Waals surface area contributed by atoms with E-state index in [0.717, 1.165) is 35.5 Å². The SMILES string of the molecule is CCc1nc(Br)cc(NCCC(=O)NC2CC2)n1. The van der Waals surface area contributed by atoms with E-state index in [2.05, 4.69) is 36.5 Å². The first-order valence-electron chi connectivity index (χ1n) is 6.24. The molecule has 0 aliphatic heterocycles. The number of amides is 1. The average Bonchev–Trinajstić information content (AvgIpc) is 3.12. The van der Waals surface area contributed by atoms with E-state index in [1.807, 2.05) is 13.0 Å². The Morgan fingerprint density at radius 3 is 2.94 bits per heavy atom. The highest BCUT2D eigenvalue weighted by Crippen LogP contribution is 2.18. The highest BCUT2D eigenvalue weighted by Gasteiger charge is 2.22. The molecule has 0 spiro atoms. The molecule has 0 atom stereocenters. The largest absolute Gasteiger partial charge is 0.369 e. The second kappa shape index (κ2) is 6.13. The summed E-state index contributed by atoms with van der Waals surface area (Å²) in [6.45, 7) is 2.60. The van der Waals surface area contributed by atoms with Crippen molar-refractivity contribution in [2.24, 2.45) is 0 Å². The maximum Gasteiger partial charge on any atom is 0.221 e. The van der Waals surface area contributed by atoms with Crippen LogP contribution in [-0.4, -0.2) is 28.5 Å². The Bertz CT molecular complexity index is 434. The molecule has 1 aliphatic rings. The van der Waals surface area contributed by atoms with Gasteiger partial charge in [-0.05, 0) is 28.8 Å². The number of nitrogens with zero attached hydrogens (tertiary/aromatic N) is 2. The molecule has 0 saturated heterocycles. The third-order valence-electron chi connectivity index (χ3n) is 2.66. The van der Waals surface area contributed by atoms with Gasteiger partial charge < -0.3 is 10.6 Å². The van der Waals surface area contributed by atoms with Gasteiger partial charge in [0, 0.05) is 31.5 Å². The maximum atomic E-state index is 11.5. The lowest BCUT2D eigenvalue weighted by Gasteiger charge is -2.07. The molecule has 98 valence electrons. The molecule has 18 heavy (non-hydrogen) atoms. The van der Waals surface area contributed by atoms with Crippen LogP contribution in [0.15, 0.2) is 10.7 Å². The Balaban J connectivity index is 1.78. The topological polar surface area (TPSA) is 66.9 Å². The zero-order valence-electron chi connectivity index (χ0n) is 10.4. The van der Waals surface area contributed by atoms with Gasteiger partial charge in [0.15, 0.2) is 0 Å². The number of carbonyl (C=O) groups excluding carboxylic acids is 1. The van der Waals surface area contributed by atoms with Crippen LogP contribution in [-0.2, 0) is 11.2 Å². The minimum atomic E-state index is 0.105. The van der Waals surface area contributed by atoms with Crippen molar-refractivity contribution in [3.05, 3.63) is 16.5 Å². The van der Waals surface area contributed by atoms with E-state index in [1.54, 1.807) is 0 Å². The van der Waals surface area contributed by atoms with Crippen molar-refractivity contribution in [3.63, 3.8) is 0 Å². The van der Waals surface area contributed by atoms with Crippen LogP contribution in [0.2, 0.25) is 0 Å². The molecule has 1 aliphatic carbocycles. The van der Waals surface area contributed by atoms with Gasteiger partial charge in [-0.25, -0.2) is 9.97 Å². The van der Waals surface area contributed by atoms with Gasteiger partial charge in [-0.1, -0.05) is 6.92 Å². The molecular weight excluding hydrogens is 296 g/mol. The number of halogens is 1. The molecule has 6 heteroatoms. The molecule has 0 unspecified atom stereocenters. The van der Waals surface area contributed by atoms with Crippen LogP contribution >= 0.6 is 15.9 Å². The summed E-state index contributed by atoms with van der Waals surface area (Å²) in [6.07, 6.45) is 3.51. The number of anilines is 1. The van der Waals surface area contributed by atoms with E-state index in [4.69, 9.17) is 0 Å². The highest BCUT2D eigenvalue weighted by atomic mass is 79.9. The van der Waals surface area contributed by atoms with Gasteiger partial charge in [-0.3, -0.25) is 4.79 Å². The predicted octanol–water partition coefficient (Wildman–Crippen LogP) is 1.88. The normalized spacial score (nSPS) is 14.3. The molecule has 1 saturated carbocycles. The van der Waals surface area contributed by atoms with Crippen LogP contribution in [0.4, 0.5) is 5.82 Å². The van der Waals surface area contributed by atoms with E-state index in [-0.39, 0.29) is 5.91 Å². The van der Waals surface area contributed by atoms with Crippen molar-refractivity contribution in [2.45, 2.75) is 38.6 Å². The van der Waals surface area contributed by atoms with Crippen molar-refractivity contribution in [1.29, 1.82) is 0 Å². The van der Waals surface area contributed by atoms with Gasteiger partial charge >= 0.3 is 0 Å². The van der Waals surface area contributed by atoms with Crippen molar-refractivity contribution in [1.82, 2.24) is 15.3 Å². The summed E-state index contributed by atoms with van der Waals surface area (Å²) in [5, 5.41) is 6.10. The summed E-state index contributed by atoms with van der Waals surface area (Å²) in [4.78, 5) is 20.0. The molecule has 0 bridgehead atoms. The molecule has 1 aromatic rings. The van der Waals surface area contributed by atoms with E-state index >= 15 is 0 Å². The standard InChI is InChI=1S/C12H17BrN4O/c1-2-10-16-9(13)7-11(17-10)14-6-5-12(18)15-8-3-4-8/h7-8H,2-6H2,1H3,(H,15,18)(H,14,16,17). The summed E-state index contributed by atoms with van der Waals surface area (Å²) in [6, 6.07) is 2.25. The lowest BCUT2D eigenvalue weighted by molar-refractivity contribution is -0.120. The van der Waals surface area contributed by atoms with Crippen LogP contribution in [0, 0.1) is 0 Å². The quantitative estimate of drug-likeness (QED) is 0.787. The lowest BCUT2D eigenvalue weighted by atomic mass is 10.4. The van der Waals surface area contributed by atoms with E-state index in [1.165, 1.54) is 0 Å². The molecule has 1 amide bonds. The fourth-order valence-corrected chi connectivity index (χ4v) is 1.97. The van der Waals surface area contributed by atoms with Crippen LogP contribution in [0.1, 0.15) is 32.0 Å². The summed E-state index contributed by atoms with van der Waals surface area (Å²) in [5.41, 5.74) is 0. The third kappa shape index (κ3) is 4.25. The molecule has 1 aromatic heterocycles. The van der Waals surface area contributed by atoms with E-state index < -0.39 is 0 Å². The van der Waals surface area contributed by atoms with Crippen LogP contribution < -0.4 is 10.6 Å². The van der Waals surface area contributed by atoms with Crippen LogP contribution in [0.3, 0.4) is 0 Å². The first-order valence-corrected chi connectivity index (χ1v) is 7.03. The molecule has 0 radical (unpaired) electrons. The number of aromatic nitrogens is 2.